The average Bonchev–Trinajstić information content (AvgIpc) is 2.40. The van der Waals surface area contributed by atoms with Gasteiger partial charge in [-0.2, -0.15) is 0 Å². The molecule has 2 N–H and O–H groups in total. The molecule has 0 bridgehead atoms. The molecule has 0 unspecified atom stereocenters. The molecule has 14 heavy (non-hydrogen) atoms. The highest BCUT2D eigenvalue weighted by Gasteiger charge is 2.11. The molecule has 0 saturated carbocycles. The Morgan fingerprint density at radius 3 is 2.93 bits per heavy atom. The van der Waals surface area contributed by atoms with E-state index in [1.54, 1.807) is 18.2 Å². The monoisotopic (exact) mass is 209 g/mol. The van der Waals surface area contributed by atoms with Crippen molar-refractivity contribution in [3.8, 4) is 0 Å². The number of fused-ring (bicyclic) bond motifs is 1. The van der Waals surface area contributed by atoms with E-state index in [0.717, 1.165) is 0 Å². The summed E-state index contributed by atoms with van der Waals surface area (Å²) in [6.07, 6.45) is 0. The first-order valence-corrected chi connectivity index (χ1v) is 4.42. The van der Waals surface area contributed by atoms with E-state index in [4.69, 9.17) is 17.3 Å². The number of carbonyl (C=O) groups excluding carboxylic acids is 1. The number of nitrogen functional groups attached to an aromatic ring is 1. The van der Waals surface area contributed by atoms with Crippen LogP contribution >= 0.6 is 11.6 Å². The van der Waals surface area contributed by atoms with E-state index >= 15 is 0 Å². The molecular weight excluding hydrogens is 202 g/mol. The molecule has 0 aliphatic carbocycles. The van der Waals surface area contributed by atoms with Crippen molar-refractivity contribution in [1.82, 2.24) is 9.55 Å². The quantitative estimate of drug-likeness (QED) is 0.721. The van der Waals surface area contributed by atoms with E-state index in [-0.39, 0.29) is 11.9 Å². The van der Waals surface area contributed by atoms with Crippen LogP contribution in [0.3, 0.4) is 0 Å². The highest BCUT2D eigenvalue weighted by molar-refractivity contribution is 6.31. The topological polar surface area (TPSA) is 60.9 Å². The predicted octanol–water partition coefficient (Wildman–Crippen LogP) is 1.93. The maximum absolute atomic E-state index is 11.3. The number of imidazole rings is 1. The summed E-state index contributed by atoms with van der Waals surface area (Å²) in [5.41, 5.74) is 6.90. The summed E-state index contributed by atoms with van der Waals surface area (Å²) in [6.45, 7) is 1.43. The fourth-order valence-electron chi connectivity index (χ4n) is 1.40. The lowest BCUT2D eigenvalue weighted by atomic mass is 10.3. The second-order valence-electron chi connectivity index (χ2n) is 2.96. The van der Waals surface area contributed by atoms with Crippen LogP contribution in [-0.4, -0.2) is 15.5 Å². The van der Waals surface area contributed by atoms with Crippen molar-refractivity contribution in [3.05, 3.63) is 23.2 Å². The Bertz CT molecular complexity index is 518. The summed E-state index contributed by atoms with van der Waals surface area (Å²) in [5, 5.41) is 0.555. The van der Waals surface area contributed by atoms with Crippen LogP contribution in [0.4, 0.5) is 5.95 Å². The fourth-order valence-corrected chi connectivity index (χ4v) is 1.56. The molecule has 1 aromatic carbocycles. The van der Waals surface area contributed by atoms with Gasteiger partial charge in [-0.05, 0) is 18.2 Å². The SMILES string of the molecule is CC(=O)n1c(N)nc2ccc(Cl)cc21. The van der Waals surface area contributed by atoms with Crippen molar-refractivity contribution >= 4 is 34.5 Å². The maximum Gasteiger partial charge on any atom is 0.230 e. The van der Waals surface area contributed by atoms with Crippen molar-refractivity contribution in [1.29, 1.82) is 0 Å². The van der Waals surface area contributed by atoms with E-state index in [1.807, 2.05) is 0 Å². The van der Waals surface area contributed by atoms with Crippen molar-refractivity contribution < 1.29 is 4.79 Å². The smallest absolute Gasteiger partial charge is 0.230 e. The summed E-state index contributed by atoms with van der Waals surface area (Å²) in [7, 11) is 0. The maximum atomic E-state index is 11.3. The van der Waals surface area contributed by atoms with Crippen LogP contribution in [0.25, 0.3) is 11.0 Å². The molecule has 72 valence electrons. The molecule has 0 fully saturated rings. The molecule has 0 aliphatic heterocycles. The van der Waals surface area contributed by atoms with Gasteiger partial charge in [0.15, 0.2) is 0 Å². The lowest BCUT2D eigenvalue weighted by Crippen LogP contribution is -2.09. The van der Waals surface area contributed by atoms with Crippen LogP contribution < -0.4 is 5.73 Å². The first kappa shape index (κ1) is 9.02. The van der Waals surface area contributed by atoms with Crippen LogP contribution in [-0.2, 0) is 0 Å². The molecule has 5 heteroatoms. The van der Waals surface area contributed by atoms with Gasteiger partial charge < -0.3 is 5.73 Å². The van der Waals surface area contributed by atoms with Gasteiger partial charge in [-0.1, -0.05) is 11.6 Å². The van der Waals surface area contributed by atoms with Gasteiger partial charge in [0.05, 0.1) is 11.0 Å². The van der Waals surface area contributed by atoms with Crippen LogP contribution in [0.15, 0.2) is 18.2 Å². The third-order valence-electron chi connectivity index (χ3n) is 1.96. The van der Waals surface area contributed by atoms with Crippen molar-refractivity contribution in [3.63, 3.8) is 0 Å². The lowest BCUT2D eigenvalue weighted by molar-refractivity contribution is 0.0943. The highest BCUT2D eigenvalue weighted by Crippen LogP contribution is 2.21. The van der Waals surface area contributed by atoms with Crippen molar-refractivity contribution in [2.24, 2.45) is 0 Å². The van der Waals surface area contributed by atoms with Crippen LogP contribution in [0.1, 0.15) is 11.7 Å². The van der Waals surface area contributed by atoms with Gasteiger partial charge in [-0.3, -0.25) is 4.79 Å². The van der Waals surface area contributed by atoms with Gasteiger partial charge in [-0.25, -0.2) is 9.55 Å². The second-order valence-corrected chi connectivity index (χ2v) is 3.39. The predicted molar refractivity (Wildman–Crippen MR) is 55.5 cm³/mol. The van der Waals surface area contributed by atoms with Crippen molar-refractivity contribution in [2.75, 3.05) is 5.73 Å². The number of nitrogens with two attached hydrogens (primary N) is 1. The minimum atomic E-state index is -0.174. The van der Waals surface area contributed by atoms with E-state index in [1.165, 1.54) is 11.5 Å². The number of anilines is 1. The molecule has 2 aromatic rings. The third kappa shape index (κ3) is 1.24. The fraction of sp³-hybridized carbons (Fsp3) is 0.111. The molecule has 4 nitrogen and oxygen atoms in total. The summed E-state index contributed by atoms with van der Waals surface area (Å²) < 4.78 is 1.33. The number of rotatable bonds is 0. The highest BCUT2D eigenvalue weighted by atomic mass is 35.5. The minimum absolute atomic E-state index is 0.174. The summed E-state index contributed by atoms with van der Waals surface area (Å²) in [4.78, 5) is 15.3. The van der Waals surface area contributed by atoms with Crippen molar-refractivity contribution in [2.45, 2.75) is 6.92 Å². The molecule has 0 aliphatic rings. The molecule has 1 aromatic heterocycles. The van der Waals surface area contributed by atoms with E-state index < -0.39 is 0 Å². The van der Waals surface area contributed by atoms with Crippen LogP contribution in [0.5, 0.6) is 0 Å². The zero-order valence-corrected chi connectivity index (χ0v) is 8.25. The molecule has 0 amide bonds. The Balaban J connectivity index is 2.86. The molecule has 0 spiro atoms. The standard InChI is InChI=1S/C9H8ClN3O/c1-5(14)13-8-4-6(10)2-3-7(8)12-9(13)11/h2-4H,1H3,(H2,11,12). The Hall–Kier alpha value is -1.55. The summed E-state index contributed by atoms with van der Waals surface area (Å²) in [6, 6.07) is 5.11. The molecular formula is C9H8ClN3O. The number of nitrogens with zero attached hydrogens (tertiary/aromatic N) is 2. The Labute approximate surface area is 85.3 Å². The van der Waals surface area contributed by atoms with E-state index in [9.17, 15) is 4.79 Å². The summed E-state index contributed by atoms with van der Waals surface area (Å²) in [5.74, 6) is 0.0158. The number of hydrogen-bond donors (Lipinski definition) is 1. The van der Waals surface area contributed by atoms with Gasteiger partial charge in [0.2, 0.25) is 11.9 Å². The zero-order valence-electron chi connectivity index (χ0n) is 7.49. The van der Waals surface area contributed by atoms with Gasteiger partial charge in [0, 0.05) is 11.9 Å². The number of carbonyl (C=O) groups is 1. The molecule has 1 heterocycles. The first-order chi connectivity index (χ1) is 6.59. The number of hydrogen-bond acceptors (Lipinski definition) is 3. The molecule has 0 saturated heterocycles. The molecule has 2 rings (SSSR count). The van der Waals surface area contributed by atoms with Crippen LogP contribution in [0.2, 0.25) is 5.02 Å². The Kier molecular flexibility index (Phi) is 1.93. The van der Waals surface area contributed by atoms with Gasteiger partial charge >= 0.3 is 0 Å². The van der Waals surface area contributed by atoms with Crippen LogP contribution in [0, 0.1) is 0 Å². The Morgan fingerprint density at radius 2 is 2.29 bits per heavy atom. The Morgan fingerprint density at radius 1 is 1.57 bits per heavy atom. The number of aromatic nitrogens is 2. The first-order valence-electron chi connectivity index (χ1n) is 4.04. The third-order valence-corrected chi connectivity index (χ3v) is 2.19. The lowest BCUT2D eigenvalue weighted by Gasteiger charge is -1.99. The molecule has 0 atom stereocenters. The normalized spacial score (nSPS) is 10.7. The zero-order chi connectivity index (χ0) is 10.3. The van der Waals surface area contributed by atoms with Gasteiger partial charge in [0.25, 0.3) is 0 Å². The van der Waals surface area contributed by atoms with Gasteiger partial charge in [0.1, 0.15) is 0 Å². The van der Waals surface area contributed by atoms with Gasteiger partial charge in [-0.15, -0.1) is 0 Å². The number of halogens is 1. The van der Waals surface area contributed by atoms with E-state index in [2.05, 4.69) is 4.98 Å². The summed E-state index contributed by atoms with van der Waals surface area (Å²) >= 11 is 5.81. The minimum Gasteiger partial charge on any atom is -0.369 e. The largest absolute Gasteiger partial charge is 0.369 e. The second kappa shape index (κ2) is 2.99. The number of benzene rings is 1. The average molecular weight is 210 g/mol. The molecule has 0 radical (unpaired) electrons. The van der Waals surface area contributed by atoms with E-state index in [0.29, 0.717) is 16.1 Å².